The molecule has 0 saturated carbocycles. The molecule has 0 aromatic rings. The van der Waals surface area contributed by atoms with E-state index in [1.165, 1.54) is 109 Å². The van der Waals surface area contributed by atoms with Crippen molar-refractivity contribution in [2.75, 3.05) is 26.4 Å². The Morgan fingerprint density at radius 1 is 0.455 bits per heavy atom. The van der Waals surface area contributed by atoms with Gasteiger partial charge in [0.25, 0.3) is 0 Å². The Balaban J connectivity index is 1.53. The quantitative estimate of drug-likeness (QED) is 0.0285. The molecule has 450 valence electrons. The Morgan fingerprint density at radius 2 is 0.831 bits per heavy atom. The zero-order valence-corrected chi connectivity index (χ0v) is 46.7. The van der Waals surface area contributed by atoms with E-state index >= 15 is 0 Å². The normalized spacial score (nSPS) is 30.9. The minimum Gasteiger partial charge on any atom is -0.394 e. The highest BCUT2D eigenvalue weighted by Gasteiger charge is 2.53. The van der Waals surface area contributed by atoms with Gasteiger partial charge < -0.3 is 89.9 Å². The first-order valence-corrected chi connectivity index (χ1v) is 29.7. The molecule has 77 heavy (non-hydrogen) atoms. The number of carbonyl (C=O) groups excluding carboxylic acids is 1. The Morgan fingerprint density at radius 3 is 1.30 bits per heavy atom. The van der Waals surface area contributed by atoms with Crippen molar-refractivity contribution in [2.45, 2.75) is 298 Å². The third-order valence-electron chi connectivity index (χ3n) is 14.9. The Hall–Kier alpha value is -1.99. The lowest BCUT2D eigenvalue weighted by atomic mass is 9.96. The summed E-state index contributed by atoms with van der Waals surface area (Å²) in [4.78, 5) is 13.3. The largest absolute Gasteiger partial charge is 0.394 e. The lowest BCUT2D eigenvalue weighted by molar-refractivity contribution is -0.379. The first kappa shape index (κ1) is 69.3. The van der Waals surface area contributed by atoms with Crippen LogP contribution in [-0.4, -0.2) is 193 Å². The number of amides is 1. The molecule has 3 saturated heterocycles. The van der Waals surface area contributed by atoms with Gasteiger partial charge in [-0.2, -0.15) is 0 Å². The Bertz CT molecular complexity index is 1550. The van der Waals surface area contributed by atoms with Crippen LogP contribution in [-0.2, 0) is 33.2 Å². The third-order valence-corrected chi connectivity index (χ3v) is 14.9. The van der Waals surface area contributed by atoms with Gasteiger partial charge in [-0.05, 0) is 57.8 Å². The van der Waals surface area contributed by atoms with Gasteiger partial charge in [-0.15, -0.1) is 0 Å². The molecule has 3 aliphatic heterocycles. The predicted molar refractivity (Wildman–Crippen MR) is 291 cm³/mol. The molecule has 3 fully saturated rings. The maximum absolute atomic E-state index is 13.3. The zero-order chi connectivity index (χ0) is 56.2. The number of nitrogens with one attached hydrogen (secondary N) is 1. The summed E-state index contributed by atoms with van der Waals surface area (Å²) in [5.41, 5.74) is 0. The van der Waals surface area contributed by atoms with E-state index in [2.05, 4.69) is 43.5 Å². The van der Waals surface area contributed by atoms with E-state index in [0.29, 0.717) is 12.8 Å². The fourth-order valence-electron chi connectivity index (χ4n) is 9.96. The van der Waals surface area contributed by atoms with Crippen LogP contribution in [0.2, 0.25) is 0 Å². The van der Waals surface area contributed by atoms with Crippen molar-refractivity contribution in [1.82, 2.24) is 5.32 Å². The van der Waals surface area contributed by atoms with Crippen molar-refractivity contribution in [3.8, 4) is 0 Å². The Kier molecular flexibility index (Phi) is 37.7. The third kappa shape index (κ3) is 26.2. The molecule has 3 aliphatic rings. The summed E-state index contributed by atoms with van der Waals surface area (Å²) >= 11 is 0. The van der Waals surface area contributed by atoms with E-state index in [9.17, 15) is 61.0 Å². The van der Waals surface area contributed by atoms with Gasteiger partial charge >= 0.3 is 0 Å². The van der Waals surface area contributed by atoms with Crippen LogP contribution in [0.4, 0.5) is 0 Å². The summed E-state index contributed by atoms with van der Waals surface area (Å²) in [7, 11) is 0. The van der Waals surface area contributed by atoms with Crippen LogP contribution in [0, 0.1) is 0 Å². The number of aliphatic hydroxyl groups excluding tert-OH is 11. The number of hydrogen-bond donors (Lipinski definition) is 12. The van der Waals surface area contributed by atoms with E-state index < -0.39 is 124 Å². The number of rotatable bonds is 43. The maximum atomic E-state index is 13.3. The molecule has 3 heterocycles. The van der Waals surface area contributed by atoms with Crippen LogP contribution in [0.3, 0.4) is 0 Å². The number of carbonyl (C=O) groups is 1. The SMILES string of the molecule is CCCCCCCC/C=C\CCCCCCCCCC(=O)NC(COC1OC(CO)C(OC2OC(CO)C(OC3OC(CO)C(O)C(O)C3O)C(O)C2O)C(O)C1O)C(O)/C=C/CC/C=C/CCCCCCCCCCC. The maximum Gasteiger partial charge on any atom is 0.220 e. The summed E-state index contributed by atoms with van der Waals surface area (Å²) in [6, 6.07) is -0.990. The minimum atomic E-state index is -1.98. The van der Waals surface area contributed by atoms with Gasteiger partial charge in [0.15, 0.2) is 18.9 Å². The summed E-state index contributed by atoms with van der Waals surface area (Å²) in [6.07, 6.45) is 17.0. The Labute approximate surface area is 460 Å². The molecular weight excluding hydrogens is 999 g/mol. The molecule has 0 aromatic carbocycles. The first-order chi connectivity index (χ1) is 37.3. The van der Waals surface area contributed by atoms with Crippen molar-refractivity contribution in [3.63, 3.8) is 0 Å². The lowest BCUT2D eigenvalue weighted by Crippen LogP contribution is -2.66. The highest BCUT2D eigenvalue weighted by atomic mass is 16.8. The summed E-state index contributed by atoms with van der Waals surface area (Å²) in [5, 5.41) is 120. The zero-order valence-electron chi connectivity index (χ0n) is 46.7. The molecule has 0 aromatic heterocycles. The van der Waals surface area contributed by atoms with Crippen LogP contribution in [0.25, 0.3) is 0 Å². The highest BCUT2D eigenvalue weighted by molar-refractivity contribution is 5.76. The second-order valence-electron chi connectivity index (χ2n) is 21.4. The molecule has 0 radical (unpaired) electrons. The minimum absolute atomic E-state index is 0.231. The van der Waals surface area contributed by atoms with Gasteiger partial charge in [-0.1, -0.05) is 166 Å². The molecule has 0 bridgehead atoms. The van der Waals surface area contributed by atoms with Crippen LogP contribution >= 0.6 is 0 Å². The average Bonchev–Trinajstić information content (AvgIpc) is 3.44. The molecule has 19 nitrogen and oxygen atoms in total. The van der Waals surface area contributed by atoms with Crippen molar-refractivity contribution in [1.29, 1.82) is 0 Å². The fraction of sp³-hybridized carbons (Fsp3) is 0.879. The van der Waals surface area contributed by atoms with Gasteiger partial charge in [-0.25, -0.2) is 0 Å². The van der Waals surface area contributed by atoms with Crippen LogP contribution in [0.1, 0.15) is 194 Å². The van der Waals surface area contributed by atoms with E-state index in [1.807, 2.05) is 6.08 Å². The van der Waals surface area contributed by atoms with Crippen LogP contribution in [0.15, 0.2) is 36.5 Å². The number of aliphatic hydroxyl groups is 11. The summed E-state index contributed by atoms with van der Waals surface area (Å²) < 4.78 is 34.2. The molecular formula is C58H105NO18. The standard InChI is InChI=1S/C58H105NO18/c1-3-5-7-9-11-13-15-17-19-20-22-24-26-28-30-32-34-36-46(64)59-41(42(63)35-33-31-29-27-25-23-21-18-16-14-12-10-8-6-4-2)40-72-56-52(70)49(67)54(44(38-61)74-56)77-58-53(71)50(68)55(45(39-62)75-58)76-57-51(69)48(66)47(65)43(37-60)73-57/h17,19,25,27,33,35,41-45,47-58,60-63,65-71H,3-16,18,20-24,26,28-32,34,36-40H2,1-2H3,(H,59,64)/b19-17-,27-25+,35-33+. The first-order valence-electron chi connectivity index (χ1n) is 29.7. The second kappa shape index (κ2) is 41.9. The monoisotopic (exact) mass is 1100 g/mol. The van der Waals surface area contributed by atoms with Crippen molar-refractivity contribution >= 4 is 5.91 Å². The van der Waals surface area contributed by atoms with Crippen LogP contribution in [0.5, 0.6) is 0 Å². The molecule has 17 atom stereocenters. The van der Waals surface area contributed by atoms with Gasteiger partial charge in [-0.3, -0.25) is 4.79 Å². The summed E-state index contributed by atoms with van der Waals surface area (Å²) in [5.74, 6) is -0.291. The van der Waals surface area contributed by atoms with E-state index in [4.69, 9.17) is 28.4 Å². The van der Waals surface area contributed by atoms with Gasteiger partial charge in [0.2, 0.25) is 5.91 Å². The second-order valence-corrected chi connectivity index (χ2v) is 21.4. The van der Waals surface area contributed by atoms with Crippen molar-refractivity contribution in [2.24, 2.45) is 0 Å². The topological polar surface area (TPSA) is 307 Å². The molecule has 0 aliphatic carbocycles. The average molecular weight is 1100 g/mol. The van der Waals surface area contributed by atoms with E-state index in [-0.39, 0.29) is 18.9 Å². The fourth-order valence-corrected chi connectivity index (χ4v) is 9.96. The predicted octanol–water partition coefficient (Wildman–Crippen LogP) is 4.93. The molecule has 12 N–H and O–H groups in total. The molecule has 17 unspecified atom stereocenters. The van der Waals surface area contributed by atoms with E-state index in [0.717, 1.165) is 51.4 Å². The van der Waals surface area contributed by atoms with Crippen molar-refractivity contribution in [3.05, 3.63) is 36.5 Å². The molecule has 19 heteroatoms. The van der Waals surface area contributed by atoms with Gasteiger partial charge in [0, 0.05) is 6.42 Å². The van der Waals surface area contributed by atoms with Crippen LogP contribution < -0.4 is 5.32 Å². The number of ether oxygens (including phenoxy) is 6. The van der Waals surface area contributed by atoms with Crippen molar-refractivity contribution < 1.29 is 89.4 Å². The number of hydrogen-bond acceptors (Lipinski definition) is 18. The van der Waals surface area contributed by atoms with E-state index in [1.54, 1.807) is 6.08 Å². The summed E-state index contributed by atoms with van der Waals surface area (Å²) in [6.45, 7) is 1.68. The molecule has 0 spiro atoms. The van der Waals surface area contributed by atoms with Gasteiger partial charge in [0.05, 0.1) is 38.6 Å². The highest BCUT2D eigenvalue weighted by Crippen LogP contribution is 2.33. The lowest BCUT2D eigenvalue weighted by Gasteiger charge is -2.48. The van der Waals surface area contributed by atoms with Gasteiger partial charge in [0.1, 0.15) is 73.2 Å². The molecule has 1 amide bonds. The smallest absolute Gasteiger partial charge is 0.220 e. The number of allylic oxidation sites excluding steroid dienone is 5. The molecule has 3 rings (SSSR count). The number of unbranched alkanes of at least 4 members (excludes halogenated alkanes) is 23.